The van der Waals surface area contributed by atoms with Crippen LogP contribution in [0.15, 0.2) is 47.4 Å². The highest BCUT2D eigenvalue weighted by atomic mass is 32.2. The number of carbonyl (C=O) groups is 2. The first-order valence-electron chi connectivity index (χ1n) is 7.91. The zero-order chi connectivity index (χ0) is 18.9. The van der Waals surface area contributed by atoms with Crippen molar-refractivity contribution in [3.8, 4) is 5.75 Å². The fourth-order valence-corrected chi connectivity index (χ4v) is 3.22. The van der Waals surface area contributed by atoms with E-state index in [0.29, 0.717) is 17.0 Å². The molecule has 0 radical (unpaired) electrons. The third-order valence-corrected chi connectivity index (χ3v) is 5.16. The van der Waals surface area contributed by atoms with Crippen LogP contribution in [0.1, 0.15) is 28.9 Å². The van der Waals surface area contributed by atoms with Gasteiger partial charge in [-0.15, -0.1) is 0 Å². The molecule has 0 saturated heterocycles. The SMILES string of the molecule is C[C@@H](NC(=O)c1ccc2c(c1)NC(=O)CO2)c1ccc(S(C)(=O)=O)cc1. The first-order chi connectivity index (χ1) is 12.2. The van der Waals surface area contributed by atoms with Gasteiger partial charge in [-0.25, -0.2) is 8.42 Å². The Bertz CT molecular complexity index is 968. The Labute approximate surface area is 151 Å². The van der Waals surface area contributed by atoms with Gasteiger partial charge < -0.3 is 15.4 Å². The number of nitrogens with one attached hydrogen (secondary N) is 2. The summed E-state index contributed by atoms with van der Waals surface area (Å²) in [5.74, 6) is -0.0627. The number of fused-ring (bicyclic) bond motifs is 1. The zero-order valence-corrected chi connectivity index (χ0v) is 15.1. The van der Waals surface area contributed by atoms with E-state index in [1.54, 1.807) is 37.3 Å². The molecule has 2 N–H and O–H groups in total. The molecule has 0 saturated carbocycles. The summed E-state index contributed by atoms with van der Waals surface area (Å²) in [4.78, 5) is 24.1. The van der Waals surface area contributed by atoms with Gasteiger partial charge in [-0.1, -0.05) is 12.1 Å². The van der Waals surface area contributed by atoms with Gasteiger partial charge >= 0.3 is 0 Å². The number of hydrogen-bond donors (Lipinski definition) is 2. The molecule has 0 aliphatic carbocycles. The topological polar surface area (TPSA) is 102 Å². The molecule has 0 unspecified atom stereocenters. The summed E-state index contributed by atoms with van der Waals surface area (Å²) >= 11 is 0. The quantitative estimate of drug-likeness (QED) is 0.851. The van der Waals surface area contributed by atoms with Crippen molar-refractivity contribution in [1.82, 2.24) is 5.32 Å². The number of hydrogen-bond acceptors (Lipinski definition) is 5. The fraction of sp³-hybridized carbons (Fsp3) is 0.222. The largest absolute Gasteiger partial charge is 0.482 e. The van der Waals surface area contributed by atoms with E-state index in [2.05, 4.69) is 10.6 Å². The highest BCUT2D eigenvalue weighted by Crippen LogP contribution is 2.28. The number of sulfone groups is 1. The van der Waals surface area contributed by atoms with Gasteiger partial charge in [-0.3, -0.25) is 9.59 Å². The van der Waals surface area contributed by atoms with Crippen molar-refractivity contribution in [3.63, 3.8) is 0 Å². The first kappa shape index (κ1) is 17.9. The van der Waals surface area contributed by atoms with E-state index in [1.165, 1.54) is 12.1 Å². The Morgan fingerprint density at radius 1 is 1.19 bits per heavy atom. The van der Waals surface area contributed by atoms with Crippen molar-refractivity contribution < 1.29 is 22.7 Å². The average molecular weight is 374 g/mol. The van der Waals surface area contributed by atoms with Crippen molar-refractivity contribution in [3.05, 3.63) is 53.6 Å². The van der Waals surface area contributed by atoms with E-state index >= 15 is 0 Å². The second-order valence-electron chi connectivity index (χ2n) is 6.08. The van der Waals surface area contributed by atoms with Crippen LogP contribution in [0.25, 0.3) is 0 Å². The number of benzene rings is 2. The Balaban J connectivity index is 1.73. The third kappa shape index (κ3) is 3.85. The molecule has 1 atom stereocenters. The van der Waals surface area contributed by atoms with Gasteiger partial charge in [0.2, 0.25) is 0 Å². The molecule has 7 nitrogen and oxygen atoms in total. The Hall–Kier alpha value is -2.87. The maximum atomic E-state index is 12.5. The summed E-state index contributed by atoms with van der Waals surface area (Å²) in [6, 6.07) is 10.8. The molecule has 136 valence electrons. The van der Waals surface area contributed by atoms with Crippen LogP contribution < -0.4 is 15.4 Å². The number of rotatable bonds is 4. The number of amides is 2. The molecule has 0 aromatic heterocycles. The van der Waals surface area contributed by atoms with E-state index in [1.807, 2.05) is 0 Å². The Kier molecular flexibility index (Phi) is 4.69. The van der Waals surface area contributed by atoms with Crippen LogP contribution in [-0.4, -0.2) is 33.1 Å². The lowest BCUT2D eigenvalue weighted by atomic mass is 10.1. The number of ether oxygens (including phenoxy) is 1. The van der Waals surface area contributed by atoms with Crippen molar-refractivity contribution in [1.29, 1.82) is 0 Å². The van der Waals surface area contributed by atoms with Crippen molar-refractivity contribution in [2.24, 2.45) is 0 Å². The van der Waals surface area contributed by atoms with Gasteiger partial charge in [0.1, 0.15) is 5.75 Å². The van der Waals surface area contributed by atoms with Gasteiger partial charge in [0.15, 0.2) is 16.4 Å². The third-order valence-electron chi connectivity index (χ3n) is 4.03. The molecule has 26 heavy (non-hydrogen) atoms. The van der Waals surface area contributed by atoms with E-state index in [-0.39, 0.29) is 29.4 Å². The predicted molar refractivity (Wildman–Crippen MR) is 96.0 cm³/mol. The molecule has 2 aromatic carbocycles. The van der Waals surface area contributed by atoms with Crippen molar-refractivity contribution >= 4 is 27.3 Å². The number of carbonyl (C=O) groups excluding carboxylic acids is 2. The molecular weight excluding hydrogens is 356 g/mol. The zero-order valence-electron chi connectivity index (χ0n) is 14.3. The lowest BCUT2D eigenvalue weighted by molar-refractivity contribution is -0.118. The fourth-order valence-electron chi connectivity index (χ4n) is 2.59. The molecule has 0 spiro atoms. The minimum absolute atomic E-state index is 0.0426. The second-order valence-corrected chi connectivity index (χ2v) is 8.10. The summed E-state index contributed by atoms with van der Waals surface area (Å²) < 4.78 is 28.3. The molecule has 3 rings (SSSR count). The summed E-state index contributed by atoms with van der Waals surface area (Å²) in [6.45, 7) is 1.76. The molecule has 8 heteroatoms. The van der Waals surface area contributed by atoms with Gasteiger partial charge in [-0.2, -0.15) is 0 Å². The van der Waals surface area contributed by atoms with Crippen LogP contribution >= 0.6 is 0 Å². The predicted octanol–water partition coefficient (Wildman–Crippen LogP) is 1.91. The highest BCUT2D eigenvalue weighted by Gasteiger charge is 2.19. The van der Waals surface area contributed by atoms with E-state index in [9.17, 15) is 18.0 Å². The summed E-state index contributed by atoms with van der Waals surface area (Å²) in [5.41, 5.74) is 1.62. The van der Waals surface area contributed by atoms with E-state index < -0.39 is 9.84 Å². The van der Waals surface area contributed by atoms with Gasteiger partial charge in [-0.05, 0) is 42.8 Å². The molecule has 0 bridgehead atoms. The van der Waals surface area contributed by atoms with Crippen molar-refractivity contribution in [2.75, 3.05) is 18.2 Å². The van der Waals surface area contributed by atoms with Crippen LogP contribution in [0.3, 0.4) is 0 Å². The second kappa shape index (κ2) is 6.80. The van der Waals surface area contributed by atoms with Gasteiger partial charge in [0.25, 0.3) is 11.8 Å². The highest BCUT2D eigenvalue weighted by molar-refractivity contribution is 7.90. The minimum atomic E-state index is -3.26. The smallest absolute Gasteiger partial charge is 0.262 e. The molecule has 1 aliphatic rings. The van der Waals surface area contributed by atoms with E-state index in [0.717, 1.165) is 11.8 Å². The molecular formula is C18H18N2O5S. The van der Waals surface area contributed by atoms with Crippen LogP contribution in [0.4, 0.5) is 5.69 Å². The summed E-state index contributed by atoms with van der Waals surface area (Å²) in [5, 5.41) is 5.51. The summed E-state index contributed by atoms with van der Waals surface area (Å²) in [7, 11) is -3.26. The van der Waals surface area contributed by atoms with Gasteiger partial charge in [0.05, 0.1) is 16.6 Å². The summed E-state index contributed by atoms with van der Waals surface area (Å²) in [6.07, 6.45) is 1.14. The van der Waals surface area contributed by atoms with Gasteiger partial charge in [0, 0.05) is 11.8 Å². The van der Waals surface area contributed by atoms with Crippen molar-refractivity contribution in [2.45, 2.75) is 17.9 Å². The molecule has 1 aliphatic heterocycles. The Morgan fingerprint density at radius 2 is 1.88 bits per heavy atom. The lowest BCUT2D eigenvalue weighted by Crippen LogP contribution is -2.28. The standard InChI is InChI=1S/C18H18N2O5S/c1-11(12-3-6-14(7-4-12)26(2,23)24)19-18(22)13-5-8-16-15(9-13)20-17(21)10-25-16/h3-9,11H,10H2,1-2H3,(H,19,22)(H,20,21)/t11-/m1/s1. The normalized spacial score (nSPS) is 14.6. The monoisotopic (exact) mass is 374 g/mol. The molecule has 2 aromatic rings. The van der Waals surface area contributed by atoms with Crippen LogP contribution in [0.2, 0.25) is 0 Å². The maximum absolute atomic E-state index is 12.5. The molecule has 0 fully saturated rings. The van der Waals surface area contributed by atoms with Crippen LogP contribution in [0, 0.1) is 0 Å². The molecule has 1 heterocycles. The van der Waals surface area contributed by atoms with Crippen LogP contribution in [-0.2, 0) is 14.6 Å². The lowest BCUT2D eigenvalue weighted by Gasteiger charge is -2.19. The minimum Gasteiger partial charge on any atom is -0.482 e. The molecule has 2 amide bonds. The first-order valence-corrected chi connectivity index (χ1v) is 9.81. The Morgan fingerprint density at radius 3 is 2.54 bits per heavy atom. The van der Waals surface area contributed by atoms with Crippen LogP contribution in [0.5, 0.6) is 5.75 Å². The van der Waals surface area contributed by atoms with E-state index in [4.69, 9.17) is 4.74 Å². The number of anilines is 1. The average Bonchev–Trinajstić information content (AvgIpc) is 2.60. The maximum Gasteiger partial charge on any atom is 0.262 e.